The van der Waals surface area contributed by atoms with Crippen LogP contribution in [0.25, 0.3) is 0 Å². The molecule has 72 valence electrons. The lowest BCUT2D eigenvalue weighted by atomic mass is 10.3. The highest BCUT2D eigenvalue weighted by molar-refractivity contribution is 9.10. The first kappa shape index (κ1) is 10.2. The van der Waals surface area contributed by atoms with Gasteiger partial charge in [-0.05, 0) is 15.9 Å². The van der Waals surface area contributed by atoms with Gasteiger partial charge in [0.15, 0.2) is 5.75 Å². The van der Waals surface area contributed by atoms with Gasteiger partial charge >= 0.3 is 0 Å². The number of pyridine rings is 1. The third-order valence-electron chi connectivity index (χ3n) is 1.48. The Morgan fingerprint density at radius 2 is 2.23 bits per heavy atom. The van der Waals surface area contributed by atoms with E-state index in [0.29, 0.717) is 10.2 Å². The Morgan fingerprint density at radius 1 is 1.62 bits per heavy atom. The van der Waals surface area contributed by atoms with E-state index in [2.05, 4.69) is 20.9 Å². The minimum Gasteiger partial charge on any atom is -0.494 e. The van der Waals surface area contributed by atoms with Crippen LogP contribution in [0.15, 0.2) is 10.7 Å². The third-order valence-corrected chi connectivity index (χ3v) is 2.29. The Bertz CT molecular complexity index is 320. The van der Waals surface area contributed by atoms with Crippen molar-refractivity contribution < 1.29 is 13.5 Å². The van der Waals surface area contributed by atoms with Crippen LogP contribution in [0.3, 0.4) is 0 Å². The summed E-state index contributed by atoms with van der Waals surface area (Å²) in [5.41, 5.74) is 4.86. The number of halogens is 3. The number of nitrogens with two attached hydrogens (primary N) is 1. The van der Waals surface area contributed by atoms with Gasteiger partial charge in [-0.15, -0.1) is 0 Å². The van der Waals surface area contributed by atoms with Gasteiger partial charge in [-0.2, -0.15) is 0 Å². The summed E-state index contributed by atoms with van der Waals surface area (Å²) < 4.78 is 29.6. The second-order valence-corrected chi connectivity index (χ2v) is 3.03. The normalized spacial score (nSPS) is 10.5. The Labute approximate surface area is 82.0 Å². The van der Waals surface area contributed by atoms with Crippen molar-refractivity contribution >= 4 is 21.6 Å². The zero-order valence-corrected chi connectivity index (χ0v) is 8.31. The van der Waals surface area contributed by atoms with E-state index in [0.717, 1.165) is 0 Å². The van der Waals surface area contributed by atoms with Gasteiger partial charge in [-0.1, -0.05) is 0 Å². The predicted molar refractivity (Wildman–Crippen MR) is 47.9 cm³/mol. The van der Waals surface area contributed by atoms with E-state index in [4.69, 9.17) is 10.5 Å². The van der Waals surface area contributed by atoms with E-state index < -0.39 is 12.1 Å². The summed E-state index contributed by atoms with van der Waals surface area (Å²) in [7, 11) is 1.41. The Hall–Kier alpha value is -0.910. The number of rotatable bonds is 2. The molecule has 0 aliphatic heterocycles. The van der Waals surface area contributed by atoms with Gasteiger partial charge < -0.3 is 10.5 Å². The van der Waals surface area contributed by atoms with Gasteiger partial charge in [-0.25, -0.2) is 13.8 Å². The average molecular weight is 253 g/mol. The Kier molecular flexibility index (Phi) is 3.02. The zero-order chi connectivity index (χ0) is 10.0. The summed E-state index contributed by atoms with van der Waals surface area (Å²) in [6, 6.07) is 0. The number of aromatic nitrogens is 1. The Balaban J connectivity index is 3.23. The molecule has 1 rings (SSSR count). The zero-order valence-electron chi connectivity index (χ0n) is 6.72. The first-order valence-electron chi connectivity index (χ1n) is 3.34. The van der Waals surface area contributed by atoms with Gasteiger partial charge in [-0.3, -0.25) is 0 Å². The lowest BCUT2D eigenvalue weighted by Crippen LogP contribution is -2.01. The van der Waals surface area contributed by atoms with Crippen LogP contribution < -0.4 is 10.5 Å². The first-order chi connectivity index (χ1) is 6.07. The summed E-state index contributed by atoms with van der Waals surface area (Å²) in [5.74, 6) is 0.335. The van der Waals surface area contributed by atoms with Crippen LogP contribution in [0.2, 0.25) is 0 Å². The SMILES string of the molecule is COc1cnc(C(F)F)c(N)c1Br. The summed E-state index contributed by atoms with van der Waals surface area (Å²) in [6.45, 7) is 0. The van der Waals surface area contributed by atoms with Gasteiger partial charge in [0.05, 0.1) is 23.5 Å². The van der Waals surface area contributed by atoms with Crippen molar-refractivity contribution in [3.63, 3.8) is 0 Å². The van der Waals surface area contributed by atoms with E-state index in [9.17, 15) is 8.78 Å². The third kappa shape index (κ3) is 1.88. The molecule has 0 saturated carbocycles. The van der Waals surface area contributed by atoms with E-state index in [1.165, 1.54) is 13.3 Å². The van der Waals surface area contributed by atoms with E-state index in [1.54, 1.807) is 0 Å². The van der Waals surface area contributed by atoms with Crippen LogP contribution in [-0.4, -0.2) is 12.1 Å². The molecule has 0 spiro atoms. The smallest absolute Gasteiger partial charge is 0.282 e. The monoisotopic (exact) mass is 252 g/mol. The number of nitrogens with zero attached hydrogens (tertiary/aromatic N) is 1. The second kappa shape index (κ2) is 3.87. The lowest BCUT2D eigenvalue weighted by molar-refractivity contribution is 0.147. The molecular weight excluding hydrogens is 246 g/mol. The van der Waals surface area contributed by atoms with Gasteiger partial charge in [0.25, 0.3) is 6.43 Å². The van der Waals surface area contributed by atoms with Crippen LogP contribution >= 0.6 is 15.9 Å². The van der Waals surface area contributed by atoms with Crippen LogP contribution in [0.5, 0.6) is 5.75 Å². The largest absolute Gasteiger partial charge is 0.494 e. The molecular formula is C7H7BrF2N2O. The maximum Gasteiger partial charge on any atom is 0.282 e. The summed E-state index contributed by atoms with van der Waals surface area (Å²) in [6.07, 6.45) is -1.48. The molecule has 0 bridgehead atoms. The molecule has 1 aromatic rings. The molecule has 3 nitrogen and oxygen atoms in total. The fraction of sp³-hybridized carbons (Fsp3) is 0.286. The van der Waals surface area contributed by atoms with E-state index >= 15 is 0 Å². The molecule has 0 aromatic carbocycles. The maximum atomic E-state index is 12.2. The molecule has 0 aliphatic carbocycles. The molecule has 13 heavy (non-hydrogen) atoms. The minimum atomic E-state index is -2.68. The molecule has 1 aromatic heterocycles. The first-order valence-corrected chi connectivity index (χ1v) is 4.13. The van der Waals surface area contributed by atoms with E-state index in [-0.39, 0.29) is 5.69 Å². The molecule has 0 saturated heterocycles. The maximum absolute atomic E-state index is 12.2. The number of anilines is 1. The Morgan fingerprint density at radius 3 is 2.69 bits per heavy atom. The number of nitrogen functional groups attached to an aromatic ring is 1. The molecule has 0 aliphatic rings. The fourth-order valence-corrected chi connectivity index (χ4v) is 1.28. The van der Waals surface area contributed by atoms with Crippen molar-refractivity contribution in [2.24, 2.45) is 0 Å². The highest BCUT2D eigenvalue weighted by Crippen LogP contribution is 2.35. The van der Waals surface area contributed by atoms with Crippen LogP contribution in [-0.2, 0) is 0 Å². The van der Waals surface area contributed by atoms with Crippen molar-refractivity contribution in [1.82, 2.24) is 4.98 Å². The summed E-state index contributed by atoms with van der Waals surface area (Å²) in [4.78, 5) is 3.48. The highest BCUT2D eigenvalue weighted by atomic mass is 79.9. The van der Waals surface area contributed by atoms with Crippen LogP contribution in [0.4, 0.5) is 14.5 Å². The average Bonchev–Trinajstić information content (AvgIpc) is 2.09. The molecule has 0 amide bonds. The van der Waals surface area contributed by atoms with Crippen molar-refractivity contribution in [2.75, 3.05) is 12.8 Å². The van der Waals surface area contributed by atoms with Crippen molar-refractivity contribution in [3.05, 3.63) is 16.4 Å². The molecule has 0 fully saturated rings. The van der Waals surface area contributed by atoms with Crippen molar-refractivity contribution in [3.8, 4) is 5.75 Å². The second-order valence-electron chi connectivity index (χ2n) is 2.24. The number of hydrogen-bond donors (Lipinski definition) is 1. The van der Waals surface area contributed by atoms with Crippen molar-refractivity contribution in [2.45, 2.75) is 6.43 Å². The number of hydrogen-bond acceptors (Lipinski definition) is 3. The minimum absolute atomic E-state index is 0.0886. The van der Waals surface area contributed by atoms with Gasteiger partial charge in [0, 0.05) is 0 Å². The number of methoxy groups -OCH3 is 1. The van der Waals surface area contributed by atoms with Gasteiger partial charge in [0.1, 0.15) is 5.69 Å². The number of ether oxygens (including phenoxy) is 1. The molecule has 2 N–H and O–H groups in total. The van der Waals surface area contributed by atoms with E-state index in [1.807, 2.05) is 0 Å². The summed E-state index contributed by atoms with van der Waals surface area (Å²) in [5, 5.41) is 0. The molecule has 0 radical (unpaired) electrons. The fourth-order valence-electron chi connectivity index (χ4n) is 0.816. The predicted octanol–water partition coefficient (Wildman–Crippen LogP) is 2.37. The molecule has 0 unspecified atom stereocenters. The quantitative estimate of drug-likeness (QED) is 0.880. The standard InChI is InChI=1S/C7H7BrF2N2O/c1-13-3-2-12-6(7(9)10)5(11)4(3)8/h2,7H,11H2,1H3. The topological polar surface area (TPSA) is 48.1 Å². The summed E-state index contributed by atoms with van der Waals surface area (Å²) >= 11 is 3.04. The van der Waals surface area contributed by atoms with Gasteiger partial charge in [0.2, 0.25) is 0 Å². The molecule has 0 atom stereocenters. The highest BCUT2D eigenvalue weighted by Gasteiger charge is 2.17. The van der Waals surface area contributed by atoms with Crippen molar-refractivity contribution in [1.29, 1.82) is 0 Å². The van der Waals surface area contributed by atoms with Crippen LogP contribution in [0, 0.1) is 0 Å². The van der Waals surface area contributed by atoms with Crippen LogP contribution in [0.1, 0.15) is 12.1 Å². The molecule has 6 heteroatoms. The molecule has 1 heterocycles. The number of alkyl halides is 2. The lowest BCUT2D eigenvalue weighted by Gasteiger charge is -2.08.